The van der Waals surface area contributed by atoms with Gasteiger partial charge in [-0.1, -0.05) is 0 Å². The Labute approximate surface area is 232 Å². The molecule has 0 radical (unpaired) electrons. The van der Waals surface area contributed by atoms with E-state index >= 15 is 0 Å². The third-order valence-electron chi connectivity index (χ3n) is 17.0. The second-order valence-corrected chi connectivity index (χ2v) is 83.2. The smallest absolute Gasteiger partial charge is 0.147 e. The summed E-state index contributed by atoms with van der Waals surface area (Å²) >= 11 is 0. The van der Waals surface area contributed by atoms with Gasteiger partial charge in [-0.25, -0.2) is 0 Å². The molecule has 1 heterocycles. The largest absolute Gasteiger partial charge is 0.147 e. The van der Waals surface area contributed by atoms with Crippen molar-refractivity contribution in [2.45, 2.75) is 40.4 Å². The molecule has 1 aliphatic carbocycles. The first kappa shape index (κ1) is 31.0. The van der Waals surface area contributed by atoms with E-state index in [1.807, 2.05) is 0 Å². The Kier molecular flexibility index (Phi) is 4.80. The summed E-state index contributed by atoms with van der Waals surface area (Å²) in [5, 5.41) is 11.4. The van der Waals surface area contributed by atoms with Gasteiger partial charge in [-0.05, 0) is 0 Å². The standard InChI is InChI=1S/3C6H5.C5H5.C4H4P.C2H7Si.4CH3.2ClH.Ti/c3*1-2-4-6-5-3-1;2*1-2-4-5-3-1;1-3-2;;;;;;;/h3*1-5H;1-3H,4H2;1-3,5H;3H,1-2H3;4*1H3;2*1H;. The number of benzene rings is 3. The second kappa shape index (κ2) is 5.89. The maximum Gasteiger partial charge on any atom is -0.147 e. The van der Waals surface area contributed by atoms with Gasteiger partial charge >= 0.3 is 210 Å². The Hall–Kier alpha value is -1.57. The zero-order valence-electron chi connectivity index (χ0n) is 23.7. The molecule has 0 bridgehead atoms. The van der Waals surface area contributed by atoms with Crippen LogP contribution in [0.1, 0.15) is 6.42 Å². The summed E-state index contributed by atoms with van der Waals surface area (Å²) < 4.78 is 7.52. The van der Waals surface area contributed by atoms with Crippen molar-refractivity contribution in [3.63, 3.8) is 0 Å². The van der Waals surface area contributed by atoms with Crippen LogP contribution in [0, 0.1) is 0 Å². The van der Waals surface area contributed by atoms with Crippen molar-refractivity contribution in [3.05, 3.63) is 131 Å². The van der Waals surface area contributed by atoms with Crippen LogP contribution in [0.15, 0.2) is 131 Å². The molecule has 0 amide bonds. The van der Waals surface area contributed by atoms with Crippen LogP contribution >= 0.6 is 33.0 Å². The average Bonchev–Trinajstić information content (AvgIpc) is 3.64. The maximum absolute atomic E-state index is 7.20. The molecule has 204 valence electrons. The van der Waals surface area contributed by atoms with Crippen LogP contribution in [0.4, 0.5) is 0 Å². The second-order valence-electron chi connectivity index (χ2n) is 18.8. The molecular weight excluding hydrogens is 574 g/mol. The zero-order valence-corrected chi connectivity index (χ0v) is 29.1. The molecule has 0 N–H and O–H groups in total. The fourth-order valence-corrected chi connectivity index (χ4v) is 69.7. The molecule has 1 aliphatic rings. The first-order valence-electron chi connectivity index (χ1n) is 13.6. The monoisotopic (exact) mass is 618 g/mol. The van der Waals surface area contributed by atoms with Gasteiger partial charge in [0.25, 0.3) is 0 Å². The first-order valence-corrected chi connectivity index (χ1v) is 30.5. The van der Waals surface area contributed by atoms with Gasteiger partial charge in [-0.15, -0.1) is 24.8 Å². The van der Waals surface area contributed by atoms with Crippen molar-refractivity contribution >= 4 is 54.9 Å². The Morgan fingerprint density at radius 1 is 0.605 bits per heavy atom. The van der Waals surface area contributed by atoms with Crippen molar-refractivity contribution in [1.29, 1.82) is 0 Å². The molecule has 0 fully saturated rings. The van der Waals surface area contributed by atoms with Crippen LogP contribution in [-0.2, 0) is 8.15 Å². The van der Waals surface area contributed by atoms with Crippen LogP contribution in [0.2, 0.25) is 34.0 Å². The fourth-order valence-electron chi connectivity index (χ4n) is 11.0. The van der Waals surface area contributed by atoms with Crippen molar-refractivity contribution in [2.24, 2.45) is 0 Å². The Balaban J connectivity index is 0.00000200. The van der Waals surface area contributed by atoms with Gasteiger partial charge in [0.1, 0.15) is 0 Å². The van der Waals surface area contributed by atoms with Gasteiger partial charge in [0, 0.05) is 0 Å². The van der Waals surface area contributed by atoms with Gasteiger partial charge in [-0.2, -0.15) is 0 Å². The summed E-state index contributed by atoms with van der Waals surface area (Å²) in [4.78, 5) is 0. The van der Waals surface area contributed by atoms with E-state index in [1.54, 1.807) is 7.48 Å². The fraction of sp³-hybridized carbons (Fsp3) is 0.212. The molecule has 38 heavy (non-hydrogen) atoms. The summed E-state index contributed by atoms with van der Waals surface area (Å²) in [5.41, 5.74) is 0. The van der Waals surface area contributed by atoms with Gasteiger partial charge in [-0.3, -0.25) is 0 Å². The molecule has 0 nitrogen and oxygen atoms in total. The molecule has 5 heteroatoms. The molecule has 0 saturated heterocycles. The Morgan fingerprint density at radius 3 is 1.32 bits per heavy atom. The van der Waals surface area contributed by atoms with Gasteiger partial charge < -0.3 is 0 Å². The normalized spacial score (nSPS) is 20.7. The summed E-state index contributed by atoms with van der Waals surface area (Å²) in [6.45, 7) is 3.30. The molecule has 0 spiro atoms. The van der Waals surface area contributed by atoms with Crippen LogP contribution < -0.4 is 15.2 Å². The third-order valence-corrected chi connectivity index (χ3v) is 108. The molecule has 5 rings (SSSR count). The summed E-state index contributed by atoms with van der Waals surface area (Å²) in [5.74, 6) is 2.42. The maximum atomic E-state index is 2.84. The predicted octanol–water partition coefficient (Wildman–Crippen LogP) is 8.55. The molecule has 0 aliphatic heterocycles. The first-order chi connectivity index (χ1) is 16.6. The van der Waals surface area contributed by atoms with Crippen molar-refractivity contribution < 1.29 is 8.15 Å². The van der Waals surface area contributed by atoms with E-state index < -0.39 is 14.8 Å². The van der Waals surface area contributed by atoms with E-state index in [0.29, 0.717) is 8.19 Å². The van der Waals surface area contributed by atoms with Crippen LogP contribution in [-0.4, -0.2) is 6.66 Å². The SMILES string of the molecule is C[SiH](C)[Ti]([CH3])([CH3])([CH3])([CH3])([C]1=CC=CC1)([c]1ccccc1)([c]1ccccc1)([c]1ccccc1)[c]1ccc[pH]1.Cl.Cl. The van der Waals surface area contributed by atoms with Crippen molar-refractivity contribution in [2.75, 3.05) is 0 Å². The molecule has 1 aromatic heterocycles. The molecule has 3 aromatic carbocycles. The molecule has 1 atom stereocenters. The number of allylic oxidation sites excluding steroid dienone is 4. The Bertz CT molecular complexity index is 1620. The number of hydrogen-bond acceptors (Lipinski definition) is 0. The van der Waals surface area contributed by atoms with E-state index in [0.717, 1.165) is 6.42 Å². The van der Waals surface area contributed by atoms with E-state index in [9.17, 15) is 0 Å². The van der Waals surface area contributed by atoms with E-state index in [-0.39, 0.29) is 24.8 Å². The topological polar surface area (TPSA) is 0 Å². The Morgan fingerprint density at radius 2 is 1.03 bits per heavy atom. The minimum Gasteiger partial charge on any atom is -0.147 e. The van der Waals surface area contributed by atoms with Gasteiger partial charge in [0.2, 0.25) is 0 Å². The summed E-state index contributed by atoms with van der Waals surface area (Å²) in [6, 6.07) is 40.0. The van der Waals surface area contributed by atoms with E-state index in [1.165, 1.54) is 11.6 Å². The quantitative estimate of drug-likeness (QED) is 0.190. The van der Waals surface area contributed by atoms with Gasteiger partial charge in [0.15, 0.2) is 0 Å². The zero-order chi connectivity index (χ0) is 26.0. The molecule has 0 saturated carbocycles. The van der Waals surface area contributed by atoms with E-state index in [4.69, 9.17) is 0 Å². The summed E-state index contributed by atoms with van der Waals surface area (Å²) in [7, 11) is -6.61. The summed E-state index contributed by atoms with van der Waals surface area (Å²) in [6.07, 6.45) is 8.17. The van der Waals surface area contributed by atoms with Gasteiger partial charge in [0.05, 0.1) is 0 Å². The molecular formula is C33H45Cl2PSiTi. The van der Waals surface area contributed by atoms with Crippen LogP contribution in [0.5, 0.6) is 0 Å². The van der Waals surface area contributed by atoms with Crippen molar-refractivity contribution in [1.82, 2.24) is 0 Å². The molecule has 4 aromatic rings. The van der Waals surface area contributed by atoms with Crippen LogP contribution in [0.25, 0.3) is 0 Å². The molecule has 1 unspecified atom stereocenters. The third kappa shape index (κ3) is 1.84. The number of hydrogen-bond donors (Lipinski definition) is 0. The van der Waals surface area contributed by atoms with Crippen molar-refractivity contribution in [3.8, 4) is 0 Å². The van der Waals surface area contributed by atoms with Crippen LogP contribution in [0.3, 0.4) is 0 Å². The number of halogens is 2. The number of rotatable bonds is 6. The van der Waals surface area contributed by atoms with E-state index in [2.05, 4.69) is 161 Å². The average molecular weight is 620 g/mol. The predicted molar refractivity (Wildman–Crippen MR) is 182 cm³/mol. The minimum absolute atomic E-state index is 0. The minimum atomic E-state index is -7.20.